The van der Waals surface area contributed by atoms with Crippen molar-refractivity contribution in [3.05, 3.63) is 85.1 Å². The smallest absolute Gasteiger partial charge is 0.306 e. The van der Waals surface area contributed by atoms with Gasteiger partial charge in [0.05, 0.1) is 6.61 Å². The van der Waals surface area contributed by atoms with Crippen LogP contribution >= 0.6 is 0 Å². The van der Waals surface area contributed by atoms with Gasteiger partial charge in [-0.3, -0.25) is 9.59 Å². The SMILES string of the molecule is CC/C=C/C/C=C/C/C=C/C/C=C/C/C=C/C/C=C/CCC(=O)O[C@@H](CO)COC(=O)CCCCCCC/C=C/CCCC. The largest absolute Gasteiger partial charge is 0.462 e. The van der Waals surface area contributed by atoms with Crippen molar-refractivity contribution < 1.29 is 24.2 Å². The molecule has 5 nitrogen and oxygen atoms in total. The topological polar surface area (TPSA) is 72.8 Å². The predicted octanol–water partition coefficient (Wildman–Crippen LogP) is 10.4. The number of allylic oxidation sites excluding steroid dienone is 14. The average molecular weight is 611 g/mol. The van der Waals surface area contributed by atoms with Crippen LogP contribution in [0.3, 0.4) is 0 Å². The van der Waals surface area contributed by atoms with E-state index in [0.29, 0.717) is 12.8 Å². The lowest BCUT2D eigenvalue weighted by Crippen LogP contribution is -2.28. The Morgan fingerprint density at radius 3 is 1.57 bits per heavy atom. The van der Waals surface area contributed by atoms with Gasteiger partial charge in [-0.15, -0.1) is 0 Å². The van der Waals surface area contributed by atoms with Crippen LogP contribution in [-0.4, -0.2) is 36.4 Å². The number of carbonyl (C=O) groups is 2. The maximum atomic E-state index is 12.1. The Morgan fingerprint density at radius 2 is 1.02 bits per heavy atom. The molecule has 0 unspecified atom stereocenters. The van der Waals surface area contributed by atoms with E-state index in [1.165, 1.54) is 32.1 Å². The molecule has 0 heterocycles. The highest BCUT2D eigenvalue weighted by atomic mass is 16.6. The van der Waals surface area contributed by atoms with Crippen LogP contribution in [0.25, 0.3) is 0 Å². The molecule has 0 aromatic heterocycles. The van der Waals surface area contributed by atoms with Crippen molar-refractivity contribution in [2.75, 3.05) is 13.2 Å². The van der Waals surface area contributed by atoms with Gasteiger partial charge >= 0.3 is 11.9 Å². The molecule has 0 radical (unpaired) electrons. The molecule has 0 saturated carbocycles. The molecule has 0 spiro atoms. The molecule has 0 aromatic carbocycles. The third-order valence-corrected chi connectivity index (χ3v) is 6.69. The second-order valence-corrected chi connectivity index (χ2v) is 10.9. The second-order valence-electron chi connectivity index (χ2n) is 10.9. The molecular weight excluding hydrogens is 548 g/mol. The zero-order valence-electron chi connectivity index (χ0n) is 27.9. The lowest BCUT2D eigenvalue weighted by Gasteiger charge is -2.15. The first kappa shape index (κ1) is 41.1. The van der Waals surface area contributed by atoms with Crippen LogP contribution in [0.2, 0.25) is 0 Å². The van der Waals surface area contributed by atoms with Crippen molar-refractivity contribution in [2.24, 2.45) is 0 Å². The summed E-state index contributed by atoms with van der Waals surface area (Å²) in [7, 11) is 0. The van der Waals surface area contributed by atoms with E-state index in [1.807, 2.05) is 12.2 Å². The van der Waals surface area contributed by atoms with Gasteiger partial charge in [-0.05, 0) is 70.6 Å². The molecule has 0 rings (SSSR count). The molecule has 0 saturated heterocycles. The minimum Gasteiger partial charge on any atom is -0.462 e. The van der Waals surface area contributed by atoms with Gasteiger partial charge in [0.15, 0.2) is 6.10 Å². The maximum absolute atomic E-state index is 12.1. The van der Waals surface area contributed by atoms with Gasteiger partial charge in [-0.2, -0.15) is 0 Å². The van der Waals surface area contributed by atoms with Gasteiger partial charge < -0.3 is 14.6 Å². The van der Waals surface area contributed by atoms with Crippen molar-refractivity contribution in [3.8, 4) is 0 Å². The molecule has 0 aliphatic carbocycles. The minimum atomic E-state index is -0.817. The molecule has 0 aliphatic heterocycles. The first-order chi connectivity index (χ1) is 21.6. The highest BCUT2D eigenvalue weighted by Crippen LogP contribution is 2.09. The Hall–Kier alpha value is -2.92. The third kappa shape index (κ3) is 32.0. The van der Waals surface area contributed by atoms with E-state index in [2.05, 4.69) is 86.8 Å². The Kier molecular flexibility index (Phi) is 32.3. The lowest BCUT2D eigenvalue weighted by atomic mass is 10.1. The van der Waals surface area contributed by atoms with Crippen LogP contribution in [0.5, 0.6) is 0 Å². The van der Waals surface area contributed by atoms with Crippen molar-refractivity contribution in [2.45, 2.75) is 136 Å². The summed E-state index contributed by atoms with van der Waals surface area (Å²) in [6.45, 7) is 3.88. The molecule has 0 bridgehead atoms. The summed E-state index contributed by atoms with van der Waals surface area (Å²) in [5.74, 6) is -0.712. The molecule has 1 atom stereocenters. The van der Waals surface area contributed by atoms with Crippen molar-refractivity contribution in [1.29, 1.82) is 0 Å². The van der Waals surface area contributed by atoms with Crippen LogP contribution in [0, 0.1) is 0 Å². The van der Waals surface area contributed by atoms with Gasteiger partial charge in [0.2, 0.25) is 0 Å². The van der Waals surface area contributed by atoms with E-state index in [0.717, 1.165) is 64.2 Å². The zero-order chi connectivity index (χ0) is 32.2. The van der Waals surface area contributed by atoms with E-state index in [9.17, 15) is 14.7 Å². The summed E-state index contributed by atoms with van der Waals surface area (Å²) >= 11 is 0. The Labute approximate surface area is 269 Å². The van der Waals surface area contributed by atoms with E-state index in [1.54, 1.807) is 0 Å². The number of carbonyl (C=O) groups excluding carboxylic acids is 2. The van der Waals surface area contributed by atoms with E-state index in [4.69, 9.17) is 9.47 Å². The van der Waals surface area contributed by atoms with Crippen LogP contribution in [0.1, 0.15) is 129 Å². The van der Waals surface area contributed by atoms with Gasteiger partial charge in [-0.25, -0.2) is 0 Å². The summed E-state index contributed by atoms with van der Waals surface area (Å²) in [5.41, 5.74) is 0. The Bertz CT molecular complexity index is 875. The number of unbranched alkanes of at least 4 members (excludes halogenated alkanes) is 7. The number of rotatable bonds is 29. The Morgan fingerprint density at radius 1 is 0.545 bits per heavy atom. The van der Waals surface area contributed by atoms with E-state index in [-0.39, 0.29) is 25.6 Å². The number of hydrogen-bond donors (Lipinski definition) is 1. The molecular formula is C39H62O5. The van der Waals surface area contributed by atoms with Crippen LogP contribution in [-0.2, 0) is 19.1 Å². The fraction of sp³-hybridized carbons (Fsp3) is 0.590. The highest BCUT2D eigenvalue weighted by molar-refractivity contribution is 5.70. The normalized spacial score (nSPS) is 13.2. The van der Waals surface area contributed by atoms with Gasteiger partial charge in [-0.1, -0.05) is 131 Å². The number of ether oxygens (including phenoxy) is 2. The van der Waals surface area contributed by atoms with Crippen molar-refractivity contribution in [1.82, 2.24) is 0 Å². The van der Waals surface area contributed by atoms with Crippen LogP contribution in [0.15, 0.2) is 85.1 Å². The summed E-state index contributed by atoms with van der Waals surface area (Å²) in [6, 6.07) is 0. The number of aliphatic hydroxyl groups is 1. The lowest BCUT2D eigenvalue weighted by molar-refractivity contribution is -0.161. The fourth-order valence-corrected chi connectivity index (χ4v) is 4.09. The molecule has 5 heteroatoms. The first-order valence-corrected chi connectivity index (χ1v) is 17.1. The quantitative estimate of drug-likeness (QED) is 0.0518. The fourth-order valence-electron chi connectivity index (χ4n) is 4.09. The van der Waals surface area contributed by atoms with E-state index >= 15 is 0 Å². The summed E-state index contributed by atoms with van der Waals surface area (Å²) in [6.07, 6.45) is 46.5. The first-order valence-electron chi connectivity index (χ1n) is 17.1. The minimum absolute atomic E-state index is 0.106. The molecule has 0 aromatic rings. The zero-order valence-corrected chi connectivity index (χ0v) is 27.9. The second kappa shape index (κ2) is 34.6. The third-order valence-electron chi connectivity index (χ3n) is 6.69. The van der Waals surface area contributed by atoms with Crippen molar-refractivity contribution in [3.63, 3.8) is 0 Å². The number of aliphatic hydroxyl groups excluding tert-OH is 1. The molecule has 0 amide bonds. The molecule has 44 heavy (non-hydrogen) atoms. The van der Waals surface area contributed by atoms with Gasteiger partial charge in [0.1, 0.15) is 6.61 Å². The van der Waals surface area contributed by atoms with Gasteiger partial charge in [0, 0.05) is 12.8 Å². The van der Waals surface area contributed by atoms with Crippen molar-refractivity contribution >= 4 is 11.9 Å². The summed E-state index contributed by atoms with van der Waals surface area (Å²) < 4.78 is 10.5. The molecule has 0 aliphatic rings. The molecule has 248 valence electrons. The van der Waals surface area contributed by atoms with Crippen LogP contribution in [0.4, 0.5) is 0 Å². The highest BCUT2D eigenvalue weighted by Gasteiger charge is 2.15. The van der Waals surface area contributed by atoms with Crippen LogP contribution < -0.4 is 0 Å². The summed E-state index contributed by atoms with van der Waals surface area (Å²) in [5, 5.41) is 9.49. The average Bonchev–Trinajstić information content (AvgIpc) is 3.02. The number of esters is 2. The molecule has 1 N–H and O–H groups in total. The maximum Gasteiger partial charge on any atom is 0.306 e. The molecule has 0 fully saturated rings. The van der Waals surface area contributed by atoms with E-state index < -0.39 is 12.1 Å². The predicted molar refractivity (Wildman–Crippen MR) is 186 cm³/mol. The summed E-state index contributed by atoms with van der Waals surface area (Å²) in [4.78, 5) is 24.1. The monoisotopic (exact) mass is 610 g/mol. The standard InChI is InChI=1S/C39H62O5/c1-3-5-7-9-11-13-15-16-17-18-19-20-21-22-24-26-28-30-32-34-39(42)44-37(35-40)36-43-38(41)33-31-29-27-25-23-14-12-10-8-6-4-2/h5,7,10-13,16-17,19-20,22,24,28,30,37,40H,3-4,6,8-9,14-15,18,21,23,25-27,29,31-36H2,1-2H3/b7-5+,12-10+,13-11+,17-16+,20-19+,24-22+,30-28+/t37-/m0/s1. The number of hydrogen-bond acceptors (Lipinski definition) is 5. The Balaban J connectivity index is 3.79. The van der Waals surface area contributed by atoms with Gasteiger partial charge in [0.25, 0.3) is 0 Å².